The number of aromatic nitrogens is 4. The van der Waals surface area contributed by atoms with E-state index in [1.807, 2.05) is 29.5 Å². The molecule has 56 heavy (non-hydrogen) atoms. The Labute approximate surface area is 325 Å². The number of hydrogen-bond donors (Lipinski definition) is 0. The average molecular weight is 731 g/mol. The molecule has 0 aliphatic heterocycles. The summed E-state index contributed by atoms with van der Waals surface area (Å²) in [7, 11) is 0. The molecule has 0 saturated carbocycles. The number of benzene rings is 9. The molecular weight excluding hydrogens is 701 g/mol. The molecule has 0 aliphatic rings. The van der Waals surface area contributed by atoms with Crippen LogP contribution in [0.5, 0.6) is 0 Å². The molecule has 9 aromatic carbocycles. The number of thiophene rings is 1. The van der Waals surface area contributed by atoms with Crippen molar-refractivity contribution in [1.82, 2.24) is 19.5 Å². The lowest BCUT2D eigenvalue weighted by molar-refractivity contribution is 1.07. The third-order valence-corrected chi connectivity index (χ3v) is 12.4. The molecule has 5 heteroatoms. The summed E-state index contributed by atoms with van der Waals surface area (Å²) in [5.74, 6) is 1.95. The SMILES string of the molecule is c1ccc(-c2nc(-c3ccc4sc5ccccc5c4c3)nc(-c3ccc4c(c3)c3ccccc3n4-c3ccc4c5ccccc5c5ccccc5c4c3)n2)cc1. The molecule has 3 heterocycles. The van der Waals surface area contributed by atoms with Crippen molar-refractivity contribution >= 4 is 85.6 Å². The summed E-state index contributed by atoms with van der Waals surface area (Å²) in [5, 5.41) is 12.4. The first-order valence-electron chi connectivity index (χ1n) is 18.9. The van der Waals surface area contributed by atoms with Gasteiger partial charge >= 0.3 is 0 Å². The monoisotopic (exact) mass is 730 g/mol. The Kier molecular flexibility index (Phi) is 6.76. The second kappa shape index (κ2) is 12.2. The third kappa shape index (κ3) is 4.75. The minimum absolute atomic E-state index is 0.645. The van der Waals surface area contributed by atoms with Crippen molar-refractivity contribution in [2.75, 3.05) is 0 Å². The molecule has 3 aromatic heterocycles. The topological polar surface area (TPSA) is 43.6 Å². The van der Waals surface area contributed by atoms with E-state index in [0.717, 1.165) is 38.8 Å². The lowest BCUT2D eigenvalue weighted by Crippen LogP contribution is -2.00. The first-order valence-corrected chi connectivity index (χ1v) is 19.7. The Morgan fingerprint density at radius 2 is 0.804 bits per heavy atom. The first-order chi connectivity index (χ1) is 27.7. The molecule has 0 unspecified atom stereocenters. The van der Waals surface area contributed by atoms with Gasteiger partial charge < -0.3 is 4.57 Å². The van der Waals surface area contributed by atoms with E-state index in [1.54, 1.807) is 0 Å². The van der Waals surface area contributed by atoms with E-state index in [-0.39, 0.29) is 0 Å². The Balaban J connectivity index is 1.06. The number of nitrogens with zero attached hydrogens (tertiary/aromatic N) is 4. The minimum Gasteiger partial charge on any atom is -0.309 e. The summed E-state index contributed by atoms with van der Waals surface area (Å²) < 4.78 is 4.92. The maximum Gasteiger partial charge on any atom is 0.164 e. The van der Waals surface area contributed by atoms with Crippen molar-refractivity contribution in [2.45, 2.75) is 0 Å². The summed E-state index contributed by atoms with van der Waals surface area (Å²) in [5.41, 5.74) is 6.28. The summed E-state index contributed by atoms with van der Waals surface area (Å²) in [6, 6.07) is 65.1. The van der Waals surface area contributed by atoms with Crippen molar-refractivity contribution < 1.29 is 0 Å². The highest BCUT2D eigenvalue weighted by Crippen LogP contribution is 2.40. The van der Waals surface area contributed by atoms with Crippen LogP contribution in [-0.2, 0) is 0 Å². The van der Waals surface area contributed by atoms with Gasteiger partial charge in [0.2, 0.25) is 0 Å². The van der Waals surface area contributed by atoms with Gasteiger partial charge in [-0.3, -0.25) is 0 Å². The molecule has 0 fully saturated rings. The zero-order valence-corrected chi connectivity index (χ0v) is 30.8. The second-order valence-corrected chi connectivity index (χ2v) is 15.5. The van der Waals surface area contributed by atoms with Crippen LogP contribution < -0.4 is 0 Å². The van der Waals surface area contributed by atoms with Crippen LogP contribution in [0.15, 0.2) is 182 Å². The van der Waals surface area contributed by atoms with Crippen molar-refractivity contribution in [3.05, 3.63) is 182 Å². The molecule has 0 spiro atoms. The van der Waals surface area contributed by atoms with E-state index >= 15 is 0 Å². The van der Waals surface area contributed by atoms with Gasteiger partial charge in [-0.15, -0.1) is 11.3 Å². The van der Waals surface area contributed by atoms with Gasteiger partial charge in [0.15, 0.2) is 17.5 Å². The standard InChI is InChI=1S/C51H30N4S/c1-2-12-31(13-3-1)49-52-50(54-51(53-49)33-23-27-48-44(29-33)41-19-9-11-21-47(41)56-48)32-22-26-46-43(28-32)40-18-8-10-20-45(40)55(46)34-24-25-39-37-16-5-4-14-35(37)36-15-6-7-17-38(36)42(39)30-34/h1-30H. The molecule has 0 saturated heterocycles. The Morgan fingerprint density at radius 3 is 1.52 bits per heavy atom. The highest BCUT2D eigenvalue weighted by molar-refractivity contribution is 7.25. The molecular formula is C51H30N4S. The lowest BCUT2D eigenvalue weighted by atomic mass is 9.94. The number of rotatable bonds is 4. The van der Waals surface area contributed by atoms with Crippen LogP contribution >= 0.6 is 11.3 Å². The predicted molar refractivity (Wildman–Crippen MR) is 236 cm³/mol. The van der Waals surface area contributed by atoms with E-state index in [2.05, 4.69) is 168 Å². The number of fused-ring (bicyclic) bond motifs is 12. The van der Waals surface area contributed by atoms with Gasteiger partial charge in [-0.05, 0) is 93.0 Å². The maximum absolute atomic E-state index is 5.18. The molecule has 12 rings (SSSR count). The normalized spacial score (nSPS) is 11.9. The molecule has 4 nitrogen and oxygen atoms in total. The van der Waals surface area contributed by atoms with E-state index in [9.17, 15) is 0 Å². The van der Waals surface area contributed by atoms with Gasteiger partial charge in [0.1, 0.15) is 0 Å². The molecule has 12 aromatic rings. The quantitative estimate of drug-likeness (QED) is 0.169. The Bertz CT molecular complexity index is 3510. The largest absolute Gasteiger partial charge is 0.309 e. The van der Waals surface area contributed by atoms with Gasteiger partial charge in [-0.25, -0.2) is 15.0 Å². The zero-order valence-electron chi connectivity index (χ0n) is 30.0. The lowest BCUT2D eigenvalue weighted by Gasteiger charge is -2.14. The van der Waals surface area contributed by atoms with Crippen LogP contribution in [0.2, 0.25) is 0 Å². The Hall–Kier alpha value is -7.21. The summed E-state index contributed by atoms with van der Waals surface area (Å²) in [6.07, 6.45) is 0. The maximum atomic E-state index is 5.18. The molecule has 0 amide bonds. The second-order valence-electron chi connectivity index (χ2n) is 14.4. The van der Waals surface area contributed by atoms with Crippen LogP contribution in [-0.4, -0.2) is 19.5 Å². The predicted octanol–water partition coefficient (Wildman–Crippen LogP) is 13.8. The average Bonchev–Trinajstić information content (AvgIpc) is 3.81. The fourth-order valence-corrected chi connectivity index (χ4v) is 9.73. The Morgan fingerprint density at radius 1 is 0.304 bits per heavy atom. The first kappa shape index (κ1) is 31.2. The van der Waals surface area contributed by atoms with E-state index in [0.29, 0.717) is 17.5 Å². The molecule has 0 N–H and O–H groups in total. The summed E-state index contributed by atoms with van der Waals surface area (Å²) >= 11 is 1.81. The van der Waals surface area contributed by atoms with E-state index in [4.69, 9.17) is 15.0 Å². The number of hydrogen-bond acceptors (Lipinski definition) is 4. The van der Waals surface area contributed by atoms with Gasteiger partial charge in [0.05, 0.1) is 11.0 Å². The van der Waals surface area contributed by atoms with Crippen molar-refractivity contribution in [3.63, 3.8) is 0 Å². The van der Waals surface area contributed by atoms with Crippen LogP contribution in [0, 0.1) is 0 Å². The summed E-state index contributed by atoms with van der Waals surface area (Å²) in [6.45, 7) is 0. The molecule has 260 valence electrons. The van der Waals surface area contributed by atoms with Crippen molar-refractivity contribution in [1.29, 1.82) is 0 Å². The fourth-order valence-electron chi connectivity index (χ4n) is 8.64. The fraction of sp³-hybridized carbons (Fsp3) is 0. The van der Waals surface area contributed by atoms with E-state index < -0.39 is 0 Å². The summed E-state index contributed by atoms with van der Waals surface area (Å²) in [4.78, 5) is 15.4. The minimum atomic E-state index is 0.645. The van der Waals surface area contributed by atoms with Gasteiger partial charge in [0.25, 0.3) is 0 Å². The number of para-hydroxylation sites is 1. The molecule has 0 aliphatic carbocycles. The van der Waals surface area contributed by atoms with Crippen LogP contribution in [0.25, 0.3) is 114 Å². The van der Waals surface area contributed by atoms with Crippen LogP contribution in [0.4, 0.5) is 0 Å². The molecule has 0 atom stereocenters. The van der Waals surface area contributed by atoms with Crippen LogP contribution in [0.3, 0.4) is 0 Å². The van der Waals surface area contributed by atoms with Crippen LogP contribution in [0.1, 0.15) is 0 Å². The van der Waals surface area contributed by atoms with Gasteiger partial charge in [-0.2, -0.15) is 0 Å². The van der Waals surface area contributed by atoms with Gasteiger partial charge in [-0.1, -0.05) is 121 Å². The third-order valence-electron chi connectivity index (χ3n) is 11.2. The zero-order chi connectivity index (χ0) is 36.7. The van der Waals surface area contributed by atoms with Crippen molar-refractivity contribution in [2.24, 2.45) is 0 Å². The highest BCUT2D eigenvalue weighted by Gasteiger charge is 2.18. The molecule has 0 bridgehead atoms. The van der Waals surface area contributed by atoms with Gasteiger partial charge in [0, 0.05) is 53.3 Å². The highest BCUT2D eigenvalue weighted by atomic mass is 32.1. The van der Waals surface area contributed by atoms with Crippen molar-refractivity contribution in [3.8, 4) is 39.9 Å². The molecule has 0 radical (unpaired) electrons. The van der Waals surface area contributed by atoms with E-state index in [1.165, 1.54) is 57.9 Å². The smallest absolute Gasteiger partial charge is 0.164 e.